The summed E-state index contributed by atoms with van der Waals surface area (Å²) in [7, 11) is 0. The quantitative estimate of drug-likeness (QED) is 0.795. The van der Waals surface area contributed by atoms with Gasteiger partial charge in [0.2, 0.25) is 0 Å². The van der Waals surface area contributed by atoms with Crippen LogP contribution in [-0.4, -0.2) is 15.0 Å². The summed E-state index contributed by atoms with van der Waals surface area (Å²) in [5, 5.41) is 3.40. The van der Waals surface area contributed by atoms with Crippen molar-refractivity contribution in [1.82, 2.24) is 15.0 Å². The van der Waals surface area contributed by atoms with Gasteiger partial charge in [-0.05, 0) is 6.07 Å². The van der Waals surface area contributed by atoms with Crippen molar-refractivity contribution < 1.29 is 0 Å². The summed E-state index contributed by atoms with van der Waals surface area (Å²) in [5.41, 5.74) is 3.09. The second-order valence-electron chi connectivity index (χ2n) is 4.11. The Hall–Kier alpha value is -1.98. The Balaban J connectivity index is 1.83. The number of aromatic nitrogens is 3. The highest BCUT2D eigenvalue weighted by atomic mass is 35.5. The van der Waals surface area contributed by atoms with Gasteiger partial charge in [0, 0.05) is 40.3 Å². The maximum Gasteiger partial charge on any atom is 0.183 e. The van der Waals surface area contributed by atoms with Gasteiger partial charge in [-0.3, -0.25) is 0 Å². The first-order valence-electron chi connectivity index (χ1n) is 6.01. The molecule has 0 unspecified atom stereocenters. The molecule has 0 aliphatic heterocycles. The fraction of sp³-hybridized carbons (Fsp3) is 0.0714. The number of hydrogen-bond donors (Lipinski definition) is 1. The molecule has 3 aromatic rings. The predicted molar refractivity (Wildman–Crippen MR) is 81.9 cm³/mol. The van der Waals surface area contributed by atoms with E-state index in [9.17, 15) is 0 Å². The lowest BCUT2D eigenvalue weighted by atomic mass is 10.1. The first-order chi connectivity index (χ1) is 9.83. The summed E-state index contributed by atoms with van der Waals surface area (Å²) in [5.74, 6) is 0. The summed E-state index contributed by atoms with van der Waals surface area (Å²) < 4.78 is 0.562. The van der Waals surface area contributed by atoms with Crippen molar-refractivity contribution >= 4 is 28.6 Å². The van der Waals surface area contributed by atoms with Crippen LogP contribution in [0, 0.1) is 0 Å². The number of nitrogens with one attached hydrogen (secondary N) is 1. The fourth-order valence-corrected chi connectivity index (χ4v) is 2.79. The third kappa shape index (κ3) is 2.95. The topological polar surface area (TPSA) is 50.7 Å². The number of thiazole rings is 1. The van der Waals surface area contributed by atoms with Crippen molar-refractivity contribution in [3.63, 3.8) is 0 Å². The van der Waals surface area contributed by atoms with Gasteiger partial charge in [-0.15, -0.1) is 11.3 Å². The molecule has 4 nitrogen and oxygen atoms in total. The van der Waals surface area contributed by atoms with E-state index in [1.54, 1.807) is 18.6 Å². The molecule has 1 N–H and O–H groups in total. The van der Waals surface area contributed by atoms with Gasteiger partial charge in [0.05, 0.1) is 6.54 Å². The van der Waals surface area contributed by atoms with Gasteiger partial charge < -0.3 is 5.32 Å². The number of para-hydroxylation sites is 1. The maximum absolute atomic E-state index is 5.83. The highest BCUT2D eigenvalue weighted by Gasteiger charge is 2.05. The minimum atomic E-state index is 0.562. The number of rotatable bonds is 4. The van der Waals surface area contributed by atoms with Crippen molar-refractivity contribution in [2.75, 3.05) is 5.32 Å². The van der Waals surface area contributed by atoms with E-state index in [0.29, 0.717) is 11.0 Å². The molecule has 0 saturated heterocycles. The normalized spacial score (nSPS) is 10.4. The fourth-order valence-electron chi connectivity index (χ4n) is 1.87. The Morgan fingerprint density at radius 2 is 1.90 bits per heavy atom. The van der Waals surface area contributed by atoms with E-state index in [1.807, 2.05) is 24.3 Å². The zero-order chi connectivity index (χ0) is 13.8. The van der Waals surface area contributed by atoms with Crippen LogP contribution in [0.15, 0.2) is 49.2 Å². The molecule has 0 aliphatic rings. The largest absolute Gasteiger partial charge is 0.380 e. The third-order valence-electron chi connectivity index (χ3n) is 2.78. The lowest BCUT2D eigenvalue weighted by molar-refractivity contribution is 1.16. The average Bonchev–Trinajstić information content (AvgIpc) is 2.92. The molecular weight excluding hydrogens is 292 g/mol. The van der Waals surface area contributed by atoms with E-state index in [2.05, 4.69) is 20.3 Å². The highest BCUT2D eigenvalue weighted by molar-refractivity contribution is 7.15. The van der Waals surface area contributed by atoms with Crippen LogP contribution in [0.4, 0.5) is 5.69 Å². The van der Waals surface area contributed by atoms with Gasteiger partial charge in [0.15, 0.2) is 4.47 Å². The van der Waals surface area contributed by atoms with E-state index in [4.69, 9.17) is 11.6 Å². The molecule has 3 rings (SSSR count). The monoisotopic (exact) mass is 302 g/mol. The number of anilines is 1. The van der Waals surface area contributed by atoms with Crippen LogP contribution in [-0.2, 0) is 6.54 Å². The smallest absolute Gasteiger partial charge is 0.183 e. The molecule has 0 spiro atoms. The lowest BCUT2D eigenvalue weighted by Gasteiger charge is -2.10. The van der Waals surface area contributed by atoms with E-state index in [0.717, 1.165) is 21.7 Å². The molecule has 2 aromatic heterocycles. The van der Waals surface area contributed by atoms with Crippen LogP contribution in [0.5, 0.6) is 0 Å². The molecule has 0 radical (unpaired) electrons. The van der Waals surface area contributed by atoms with Gasteiger partial charge in [-0.1, -0.05) is 29.8 Å². The molecule has 0 fully saturated rings. The SMILES string of the molecule is Clc1ncc(CNc2ccccc2-c2cncnc2)s1. The Morgan fingerprint density at radius 3 is 2.65 bits per heavy atom. The molecule has 6 heteroatoms. The molecule has 0 aliphatic carbocycles. The summed E-state index contributed by atoms with van der Waals surface area (Å²) in [4.78, 5) is 13.2. The molecule has 1 aromatic carbocycles. The summed E-state index contributed by atoms with van der Waals surface area (Å²) in [6.45, 7) is 0.690. The second-order valence-corrected chi connectivity index (χ2v) is 5.80. The zero-order valence-corrected chi connectivity index (χ0v) is 12.0. The molecule has 20 heavy (non-hydrogen) atoms. The highest BCUT2D eigenvalue weighted by Crippen LogP contribution is 2.27. The predicted octanol–water partition coefficient (Wildman–Crippen LogP) is 3.87. The number of benzene rings is 1. The number of nitrogens with zero attached hydrogens (tertiary/aromatic N) is 3. The second kappa shape index (κ2) is 5.98. The molecule has 2 heterocycles. The van der Waals surface area contributed by atoms with Gasteiger partial charge in [-0.25, -0.2) is 15.0 Å². The van der Waals surface area contributed by atoms with Gasteiger partial charge in [0.25, 0.3) is 0 Å². The van der Waals surface area contributed by atoms with E-state index < -0.39 is 0 Å². The number of halogens is 1. The summed E-state index contributed by atoms with van der Waals surface area (Å²) in [6, 6.07) is 8.07. The van der Waals surface area contributed by atoms with E-state index in [1.165, 1.54) is 17.7 Å². The Morgan fingerprint density at radius 1 is 1.10 bits per heavy atom. The van der Waals surface area contributed by atoms with Crippen LogP contribution in [0.25, 0.3) is 11.1 Å². The minimum Gasteiger partial charge on any atom is -0.380 e. The molecular formula is C14H11ClN4S. The van der Waals surface area contributed by atoms with Gasteiger partial charge in [0.1, 0.15) is 6.33 Å². The Bertz CT molecular complexity index is 699. The van der Waals surface area contributed by atoms with Crippen molar-refractivity contribution in [2.45, 2.75) is 6.54 Å². The van der Waals surface area contributed by atoms with Crippen LogP contribution < -0.4 is 5.32 Å². The van der Waals surface area contributed by atoms with E-state index >= 15 is 0 Å². The molecule has 100 valence electrons. The minimum absolute atomic E-state index is 0.562. The first-order valence-corrected chi connectivity index (χ1v) is 7.21. The van der Waals surface area contributed by atoms with Gasteiger partial charge >= 0.3 is 0 Å². The molecule has 0 bridgehead atoms. The van der Waals surface area contributed by atoms with Crippen LogP contribution in [0.2, 0.25) is 4.47 Å². The molecule has 0 saturated carbocycles. The Kier molecular flexibility index (Phi) is 3.90. The average molecular weight is 303 g/mol. The summed E-state index contributed by atoms with van der Waals surface area (Å²) in [6.07, 6.45) is 6.92. The van der Waals surface area contributed by atoms with Crippen molar-refractivity contribution in [3.8, 4) is 11.1 Å². The molecule has 0 amide bonds. The van der Waals surface area contributed by atoms with Crippen LogP contribution in [0.3, 0.4) is 0 Å². The van der Waals surface area contributed by atoms with Crippen molar-refractivity contribution in [3.05, 3.63) is 58.5 Å². The standard InChI is InChI=1S/C14H11ClN4S/c15-14-19-8-11(20-14)7-18-13-4-2-1-3-12(13)10-5-16-9-17-6-10/h1-6,8-9,18H,7H2. The van der Waals surface area contributed by atoms with Crippen molar-refractivity contribution in [1.29, 1.82) is 0 Å². The summed E-state index contributed by atoms with van der Waals surface area (Å²) >= 11 is 7.31. The number of hydrogen-bond acceptors (Lipinski definition) is 5. The van der Waals surface area contributed by atoms with Crippen molar-refractivity contribution in [2.24, 2.45) is 0 Å². The van der Waals surface area contributed by atoms with Crippen LogP contribution >= 0.6 is 22.9 Å². The Labute approximate surface area is 125 Å². The molecule has 0 atom stereocenters. The third-order valence-corrected chi connectivity index (χ3v) is 3.89. The van der Waals surface area contributed by atoms with Crippen LogP contribution in [0.1, 0.15) is 4.88 Å². The van der Waals surface area contributed by atoms with Gasteiger partial charge in [-0.2, -0.15) is 0 Å². The lowest BCUT2D eigenvalue weighted by Crippen LogP contribution is -1.99. The van der Waals surface area contributed by atoms with E-state index in [-0.39, 0.29) is 0 Å². The maximum atomic E-state index is 5.83. The zero-order valence-electron chi connectivity index (χ0n) is 10.5. The first kappa shape index (κ1) is 13.0.